The third kappa shape index (κ3) is 4.53. The molecule has 0 saturated carbocycles. The summed E-state index contributed by atoms with van der Waals surface area (Å²) in [5.74, 6) is 0. The van der Waals surface area contributed by atoms with Crippen LogP contribution in [0.5, 0.6) is 0 Å². The average Bonchev–Trinajstić information content (AvgIpc) is 2.31. The summed E-state index contributed by atoms with van der Waals surface area (Å²) in [7, 11) is -3.64. The summed E-state index contributed by atoms with van der Waals surface area (Å²) in [6, 6.07) is 4.98. The Morgan fingerprint density at radius 3 is 2.53 bits per heavy atom. The van der Waals surface area contributed by atoms with Crippen LogP contribution in [0.3, 0.4) is 0 Å². The lowest BCUT2D eigenvalue weighted by atomic mass is 9.97. The molecule has 4 nitrogen and oxygen atoms in total. The molecule has 19 heavy (non-hydrogen) atoms. The molecule has 0 fully saturated rings. The van der Waals surface area contributed by atoms with E-state index in [1.54, 1.807) is 25.1 Å². The van der Waals surface area contributed by atoms with Crippen LogP contribution in [0.15, 0.2) is 32.0 Å². The van der Waals surface area contributed by atoms with Gasteiger partial charge in [-0.1, -0.05) is 22.9 Å². The van der Waals surface area contributed by atoms with Crippen molar-refractivity contribution in [3.05, 3.63) is 27.1 Å². The normalized spacial score (nSPS) is 15.2. The summed E-state index contributed by atoms with van der Waals surface area (Å²) in [6.45, 7) is 3.60. The van der Waals surface area contributed by atoms with Gasteiger partial charge in [0.05, 0.1) is 4.90 Å². The Bertz CT molecular complexity index is 548. The van der Waals surface area contributed by atoms with Gasteiger partial charge in [0.2, 0.25) is 10.0 Å². The summed E-state index contributed by atoms with van der Waals surface area (Å²) >= 11 is 6.51. The van der Waals surface area contributed by atoms with E-state index in [1.807, 2.05) is 6.92 Å². The zero-order valence-electron chi connectivity index (χ0n) is 10.8. The first kappa shape index (κ1) is 17.1. The summed E-state index contributed by atoms with van der Waals surface area (Å²) < 4.78 is 28.7. The molecule has 0 aliphatic heterocycles. The van der Waals surface area contributed by atoms with Crippen molar-refractivity contribution in [2.45, 2.75) is 37.1 Å². The van der Waals surface area contributed by atoms with E-state index in [9.17, 15) is 8.42 Å². The Balaban J connectivity index is 3.14. The third-order valence-corrected chi connectivity index (χ3v) is 6.13. The minimum atomic E-state index is -3.64. The van der Waals surface area contributed by atoms with Crippen LogP contribution in [-0.4, -0.2) is 25.7 Å². The second-order valence-electron chi connectivity index (χ2n) is 4.57. The van der Waals surface area contributed by atoms with Crippen LogP contribution in [0, 0.1) is 0 Å². The highest BCUT2D eigenvalue weighted by molar-refractivity contribution is 9.11. The summed E-state index contributed by atoms with van der Waals surface area (Å²) in [5, 5.41) is 9.05. The molecule has 1 atom stereocenters. The van der Waals surface area contributed by atoms with E-state index < -0.39 is 15.6 Å². The number of nitrogens with one attached hydrogen (secondary N) is 1. The minimum absolute atomic E-state index is 0.0630. The van der Waals surface area contributed by atoms with Gasteiger partial charge in [0, 0.05) is 21.1 Å². The van der Waals surface area contributed by atoms with Crippen LogP contribution in [-0.2, 0) is 10.0 Å². The molecule has 0 aliphatic carbocycles. The largest absolute Gasteiger partial charge is 0.396 e. The zero-order valence-corrected chi connectivity index (χ0v) is 14.8. The molecule has 1 unspecified atom stereocenters. The number of sulfonamides is 1. The molecule has 0 bridgehead atoms. The topological polar surface area (TPSA) is 66.4 Å². The average molecular weight is 415 g/mol. The molecule has 0 amide bonds. The second-order valence-corrected chi connectivity index (χ2v) is 7.99. The van der Waals surface area contributed by atoms with Crippen LogP contribution >= 0.6 is 31.9 Å². The fourth-order valence-corrected chi connectivity index (χ4v) is 4.62. The Morgan fingerprint density at radius 2 is 2.00 bits per heavy atom. The number of hydrogen-bond acceptors (Lipinski definition) is 3. The van der Waals surface area contributed by atoms with E-state index >= 15 is 0 Å². The zero-order chi connectivity index (χ0) is 14.7. The molecule has 0 radical (unpaired) electrons. The standard InChI is InChI=1S/C12H17Br2NO3S/c1-3-12(2,6-7-16)15-19(17,18)11-8-9(13)4-5-10(11)14/h4-5,8,15-16H,3,6-7H2,1-2H3. The second kappa shape index (κ2) is 6.67. The Kier molecular flexibility index (Phi) is 6.00. The van der Waals surface area contributed by atoms with Gasteiger partial charge in [-0.3, -0.25) is 0 Å². The Hall–Kier alpha value is 0.0500. The fraction of sp³-hybridized carbons (Fsp3) is 0.500. The van der Waals surface area contributed by atoms with Gasteiger partial charge in [0.15, 0.2) is 0 Å². The molecule has 1 aromatic rings. The highest BCUT2D eigenvalue weighted by atomic mass is 79.9. The maximum atomic E-state index is 12.4. The summed E-state index contributed by atoms with van der Waals surface area (Å²) in [4.78, 5) is 0.180. The van der Waals surface area contributed by atoms with Gasteiger partial charge < -0.3 is 5.11 Å². The summed E-state index contributed by atoms with van der Waals surface area (Å²) in [5.41, 5.74) is -0.657. The van der Waals surface area contributed by atoms with Crippen LogP contribution in [0.25, 0.3) is 0 Å². The monoisotopic (exact) mass is 413 g/mol. The van der Waals surface area contributed by atoms with Crippen LogP contribution in [0.1, 0.15) is 26.7 Å². The Morgan fingerprint density at radius 1 is 1.37 bits per heavy atom. The highest BCUT2D eigenvalue weighted by Gasteiger charge is 2.29. The highest BCUT2D eigenvalue weighted by Crippen LogP contribution is 2.27. The lowest BCUT2D eigenvalue weighted by Gasteiger charge is -2.28. The summed E-state index contributed by atoms with van der Waals surface area (Å²) in [6.07, 6.45) is 0.965. The van der Waals surface area contributed by atoms with Crippen molar-refractivity contribution in [1.82, 2.24) is 4.72 Å². The van der Waals surface area contributed by atoms with Crippen LogP contribution in [0.4, 0.5) is 0 Å². The lowest BCUT2D eigenvalue weighted by Crippen LogP contribution is -2.46. The van der Waals surface area contributed by atoms with Gasteiger partial charge in [0.1, 0.15) is 0 Å². The predicted octanol–water partition coefficient (Wildman–Crippen LogP) is 3.04. The van der Waals surface area contributed by atoms with Crippen molar-refractivity contribution in [1.29, 1.82) is 0 Å². The molecule has 7 heteroatoms. The quantitative estimate of drug-likeness (QED) is 0.751. The van der Waals surface area contributed by atoms with E-state index in [0.717, 1.165) is 0 Å². The number of hydrogen-bond donors (Lipinski definition) is 2. The minimum Gasteiger partial charge on any atom is -0.396 e. The van der Waals surface area contributed by atoms with E-state index in [4.69, 9.17) is 5.11 Å². The lowest BCUT2D eigenvalue weighted by molar-refractivity contribution is 0.233. The molecule has 2 N–H and O–H groups in total. The van der Waals surface area contributed by atoms with E-state index in [0.29, 0.717) is 21.8 Å². The molecule has 0 saturated heterocycles. The molecule has 0 heterocycles. The van der Waals surface area contributed by atoms with E-state index in [2.05, 4.69) is 36.6 Å². The van der Waals surface area contributed by atoms with Gasteiger partial charge in [-0.05, 0) is 53.9 Å². The number of halogens is 2. The van der Waals surface area contributed by atoms with Crippen LogP contribution in [0.2, 0.25) is 0 Å². The number of benzene rings is 1. The van der Waals surface area contributed by atoms with Crippen molar-refractivity contribution in [3.63, 3.8) is 0 Å². The smallest absolute Gasteiger partial charge is 0.242 e. The van der Waals surface area contributed by atoms with Crippen molar-refractivity contribution in [2.24, 2.45) is 0 Å². The maximum absolute atomic E-state index is 12.4. The number of rotatable bonds is 6. The Labute approximate surface area is 130 Å². The van der Waals surface area contributed by atoms with Gasteiger partial charge >= 0.3 is 0 Å². The van der Waals surface area contributed by atoms with Gasteiger partial charge in [-0.15, -0.1) is 0 Å². The fourth-order valence-electron chi connectivity index (χ4n) is 1.61. The van der Waals surface area contributed by atoms with Crippen molar-refractivity contribution in [3.8, 4) is 0 Å². The van der Waals surface area contributed by atoms with Gasteiger partial charge in [0.25, 0.3) is 0 Å². The van der Waals surface area contributed by atoms with Crippen molar-refractivity contribution >= 4 is 41.9 Å². The van der Waals surface area contributed by atoms with Crippen LogP contribution < -0.4 is 4.72 Å². The molecule has 0 aliphatic rings. The molecule has 0 aromatic heterocycles. The van der Waals surface area contributed by atoms with Gasteiger partial charge in [-0.25, -0.2) is 13.1 Å². The van der Waals surface area contributed by atoms with Crippen molar-refractivity contribution < 1.29 is 13.5 Å². The molecular formula is C12H17Br2NO3S. The first-order valence-corrected chi connectivity index (χ1v) is 8.91. The first-order chi connectivity index (χ1) is 8.74. The number of aliphatic hydroxyl groups excluding tert-OH is 1. The maximum Gasteiger partial charge on any atom is 0.242 e. The predicted molar refractivity (Wildman–Crippen MR) is 82.6 cm³/mol. The van der Waals surface area contributed by atoms with E-state index in [1.165, 1.54) is 0 Å². The van der Waals surface area contributed by atoms with Crippen molar-refractivity contribution in [2.75, 3.05) is 6.61 Å². The van der Waals surface area contributed by atoms with E-state index in [-0.39, 0.29) is 11.5 Å². The molecule has 108 valence electrons. The molecular weight excluding hydrogens is 398 g/mol. The molecule has 1 aromatic carbocycles. The first-order valence-electron chi connectivity index (χ1n) is 5.84. The molecule has 0 spiro atoms. The van der Waals surface area contributed by atoms with Gasteiger partial charge in [-0.2, -0.15) is 0 Å². The molecule has 1 rings (SSSR count). The number of aliphatic hydroxyl groups is 1. The third-order valence-electron chi connectivity index (χ3n) is 3.01. The SMILES string of the molecule is CCC(C)(CCO)NS(=O)(=O)c1cc(Br)ccc1Br.